The molecule has 4 rings (SSSR count). The third-order valence-corrected chi connectivity index (χ3v) is 6.59. The van der Waals surface area contributed by atoms with Crippen molar-refractivity contribution in [2.24, 2.45) is 11.3 Å². The lowest BCUT2D eigenvalue weighted by molar-refractivity contribution is -0.146. The average Bonchev–Trinajstić information content (AvgIpc) is 3.27. The molecule has 0 radical (unpaired) electrons. The summed E-state index contributed by atoms with van der Waals surface area (Å²) in [6.07, 6.45) is 2.85. The monoisotopic (exact) mass is 435 g/mol. The first-order chi connectivity index (χ1) is 15.4. The van der Waals surface area contributed by atoms with Crippen molar-refractivity contribution in [1.29, 1.82) is 0 Å². The van der Waals surface area contributed by atoms with Gasteiger partial charge in [0, 0.05) is 18.0 Å². The molecule has 2 aromatic rings. The van der Waals surface area contributed by atoms with Gasteiger partial charge in [-0.15, -0.1) is 0 Å². The highest BCUT2D eigenvalue weighted by Gasteiger charge is 2.55. The van der Waals surface area contributed by atoms with Gasteiger partial charge in [0.15, 0.2) is 11.5 Å². The summed E-state index contributed by atoms with van der Waals surface area (Å²) >= 11 is 0. The molecule has 2 atom stereocenters. The van der Waals surface area contributed by atoms with Crippen molar-refractivity contribution < 1.29 is 23.8 Å². The summed E-state index contributed by atoms with van der Waals surface area (Å²) in [5.74, 6) is 1.33. The SMILES string of the molecule is C=C1CC2COC(=O)C2(Cc2ccc(C(=O)NCCc3ccc(OC)c(OC)c3)cc2)C1. The van der Waals surface area contributed by atoms with Gasteiger partial charge in [0.1, 0.15) is 0 Å². The summed E-state index contributed by atoms with van der Waals surface area (Å²) in [6.45, 7) is 5.08. The first-order valence-electron chi connectivity index (χ1n) is 10.9. The molecule has 6 nitrogen and oxygen atoms in total. The largest absolute Gasteiger partial charge is 0.493 e. The number of esters is 1. The van der Waals surface area contributed by atoms with E-state index in [4.69, 9.17) is 14.2 Å². The highest BCUT2D eigenvalue weighted by molar-refractivity contribution is 5.94. The molecule has 0 bridgehead atoms. The minimum atomic E-state index is -0.486. The summed E-state index contributed by atoms with van der Waals surface area (Å²) < 4.78 is 15.9. The quantitative estimate of drug-likeness (QED) is 0.505. The summed E-state index contributed by atoms with van der Waals surface area (Å²) in [4.78, 5) is 25.0. The fraction of sp³-hybridized carbons (Fsp3) is 0.385. The smallest absolute Gasteiger partial charge is 0.313 e. The van der Waals surface area contributed by atoms with E-state index in [9.17, 15) is 9.59 Å². The topological polar surface area (TPSA) is 73.9 Å². The summed E-state index contributed by atoms with van der Waals surface area (Å²) in [7, 11) is 3.20. The number of fused-ring (bicyclic) bond motifs is 1. The van der Waals surface area contributed by atoms with Crippen LogP contribution in [0.5, 0.6) is 11.5 Å². The average molecular weight is 436 g/mol. The molecule has 1 saturated heterocycles. The fourth-order valence-electron chi connectivity index (χ4n) is 4.86. The van der Waals surface area contributed by atoms with Crippen molar-refractivity contribution in [2.75, 3.05) is 27.4 Å². The predicted molar refractivity (Wildman–Crippen MR) is 121 cm³/mol. The Morgan fingerprint density at radius 1 is 1.12 bits per heavy atom. The second-order valence-electron chi connectivity index (χ2n) is 8.65. The van der Waals surface area contributed by atoms with E-state index in [0.717, 1.165) is 23.1 Å². The third kappa shape index (κ3) is 4.22. The number of benzene rings is 2. The molecule has 6 heteroatoms. The van der Waals surface area contributed by atoms with Gasteiger partial charge in [0.05, 0.1) is 26.2 Å². The maximum absolute atomic E-state index is 12.5. The zero-order valence-corrected chi connectivity index (χ0v) is 18.6. The van der Waals surface area contributed by atoms with Crippen molar-refractivity contribution >= 4 is 11.9 Å². The van der Waals surface area contributed by atoms with E-state index in [-0.39, 0.29) is 17.8 Å². The first kappa shape index (κ1) is 21.9. The summed E-state index contributed by atoms with van der Waals surface area (Å²) in [5, 5.41) is 2.96. The molecule has 2 fully saturated rings. The molecule has 0 spiro atoms. The number of rotatable bonds is 8. The van der Waals surface area contributed by atoms with Gasteiger partial charge in [-0.2, -0.15) is 0 Å². The van der Waals surface area contributed by atoms with Crippen LogP contribution in [0.3, 0.4) is 0 Å². The zero-order valence-electron chi connectivity index (χ0n) is 18.6. The Balaban J connectivity index is 1.34. The molecule has 1 amide bonds. The molecule has 1 aliphatic carbocycles. The van der Waals surface area contributed by atoms with E-state index in [2.05, 4.69) is 11.9 Å². The van der Waals surface area contributed by atoms with Gasteiger partial charge >= 0.3 is 5.97 Å². The van der Waals surface area contributed by atoms with E-state index in [0.29, 0.717) is 49.5 Å². The van der Waals surface area contributed by atoms with Crippen LogP contribution >= 0.6 is 0 Å². The van der Waals surface area contributed by atoms with E-state index >= 15 is 0 Å². The van der Waals surface area contributed by atoms with Crippen molar-refractivity contribution in [3.63, 3.8) is 0 Å². The number of carbonyl (C=O) groups excluding carboxylic acids is 2. The van der Waals surface area contributed by atoms with Crippen LogP contribution in [-0.2, 0) is 22.4 Å². The van der Waals surface area contributed by atoms with Crippen LogP contribution in [0, 0.1) is 11.3 Å². The Morgan fingerprint density at radius 2 is 1.84 bits per heavy atom. The molecule has 2 unspecified atom stereocenters. The van der Waals surface area contributed by atoms with Crippen molar-refractivity contribution in [2.45, 2.75) is 25.7 Å². The number of hydrogen-bond donors (Lipinski definition) is 1. The molecule has 2 aliphatic rings. The van der Waals surface area contributed by atoms with Gasteiger partial charge in [-0.25, -0.2) is 0 Å². The maximum Gasteiger partial charge on any atom is 0.313 e. The second-order valence-corrected chi connectivity index (χ2v) is 8.65. The highest BCUT2D eigenvalue weighted by Crippen LogP contribution is 2.52. The molecular weight excluding hydrogens is 406 g/mol. The fourth-order valence-corrected chi connectivity index (χ4v) is 4.86. The van der Waals surface area contributed by atoms with Gasteiger partial charge in [-0.3, -0.25) is 9.59 Å². The Hall–Kier alpha value is -3.28. The predicted octanol–water partition coefficient (Wildman–Crippen LogP) is 3.73. The molecule has 1 N–H and O–H groups in total. The van der Waals surface area contributed by atoms with Crippen molar-refractivity contribution in [3.8, 4) is 11.5 Å². The van der Waals surface area contributed by atoms with Crippen LogP contribution in [0.15, 0.2) is 54.6 Å². The van der Waals surface area contributed by atoms with Gasteiger partial charge in [0.25, 0.3) is 5.91 Å². The van der Waals surface area contributed by atoms with Gasteiger partial charge in [-0.1, -0.05) is 30.4 Å². The number of methoxy groups -OCH3 is 2. The lowest BCUT2D eigenvalue weighted by atomic mass is 9.75. The van der Waals surface area contributed by atoms with Gasteiger partial charge in [0.2, 0.25) is 0 Å². The number of nitrogens with one attached hydrogen (secondary N) is 1. The van der Waals surface area contributed by atoms with Crippen LogP contribution < -0.4 is 14.8 Å². The van der Waals surface area contributed by atoms with E-state index < -0.39 is 5.41 Å². The number of cyclic esters (lactones) is 1. The lowest BCUT2D eigenvalue weighted by Gasteiger charge is -2.24. The van der Waals surface area contributed by atoms with Crippen LogP contribution in [0.25, 0.3) is 0 Å². The highest BCUT2D eigenvalue weighted by atomic mass is 16.5. The summed E-state index contributed by atoms with van der Waals surface area (Å²) in [5.41, 5.74) is 3.32. The van der Waals surface area contributed by atoms with E-state index in [1.807, 2.05) is 42.5 Å². The molecule has 32 heavy (non-hydrogen) atoms. The van der Waals surface area contributed by atoms with Crippen molar-refractivity contribution in [3.05, 3.63) is 71.3 Å². The van der Waals surface area contributed by atoms with Gasteiger partial charge in [-0.05, 0) is 61.1 Å². The van der Waals surface area contributed by atoms with Gasteiger partial charge < -0.3 is 19.5 Å². The lowest BCUT2D eigenvalue weighted by Crippen LogP contribution is -2.31. The Bertz CT molecular complexity index is 1030. The van der Waals surface area contributed by atoms with E-state index in [1.54, 1.807) is 14.2 Å². The molecule has 1 saturated carbocycles. The zero-order chi connectivity index (χ0) is 22.7. The Morgan fingerprint density at radius 3 is 2.56 bits per heavy atom. The molecule has 1 aliphatic heterocycles. The van der Waals surface area contributed by atoms with Crippen LogP contribution in [-0.4, -0.2) is 39.2 Å². The minimum absolute atomic E-state index is 0.113. The van der Waals surface area contributed by atoms with Crippen LogP contribution in [0.1, 0.15) is 34.3 Å². The number of ether oxygens (including phenoxy) is 3. The summed E-state index contributed by atoms with van der Waals surface area (Å²) in [6, 6.07) is 13.2. The Kier molecular flexibility index (Phi) is 6.21. The third-order valence-electron chi connectivity index (χ3n) is 6.59. The van der Waals surface area contributed by atoms with Crippen molar-refractivity contribution in [1.82, 2.24) is 5.32 Å². The second kappa shape index (κ2) is 9.07. The molecule has 2 aromatic carbocycles. The molecule has 168 valence electrons. The van der Waals surface area contributed by atoms with Crippen LogP contribution in [0.2, 0.25) is 0 Å². The minimum Gasteiger partial charge on any atom is -0.493 e. The number of allylic oxidation sites excluding steroid dienone is 1. The maximum atomic E-state index is 12.5. The number of amides is 1. The number of hydrogen-bond acceptors (Lipinski definition) is 5. The molecular formula is C26H29NO5. The molecule has 1 heterocycles. The number of carbonyl (C=O) groups is 2. The van der Waals surface area contributed by atoms with Crippen LogP contribution in [0.4, 0.5) is 0 Å². The first-order valence-corrected chi connectivity index (χ1v) is 10.9. The normalized spacial score (nSPS) is 21.8. The standard InChI is InChI=1S/C26H29NO5/c1-17-12-21-16-32-25(29)26(21,14-17)15-19-4-7-20(8-5-19)24(28)27-11-10-18-6-9-22(30-2)23(13-18)31-3/h4-9,13,21H,1,10-12,14-16H2,2-3H3,(H,27,28). The molecule has 0 aromatic heterocycles. The van der Waals surface area contributed by atoms with E-state index in [1.165, 1.54) is 0 Å². The Labute approximate surface area is 188 Å².